The summed E-state index contributed by atoms with van der Waals surface area (Å²) in [7, 11) is -0.925. The smallest absolute Gasteiger partial charge is 0.228 e. The van der Waals surface area contributed by atoms with E-state index in [0.717, 1.165) is 22.5 Å². The summed E-state index contributed by atoms with van der Waals surface area (Å²) in [5.41, 5.74) is 4.93. The lowest BCUT2D eigenvalue weighted by molar-refractivity contribution is -0.118. The van der Waals surface area contributed by atoms with Crippen molar-refractivity contribution in [2.75, 3.05) is 5.32 Å². The van der Waals surface area contributed by atoms with Gasteiger partial charge in [0.05, 0.1) is 22.9 Å². The van der Waals surface area contributed by atoms with Gasteiger partial charge in [-0.15, -0.1) is 0 Å². The minimum Gasteiger partial charge on any atom is -0.310 e. The maximum absolute atomic E-state index is 12.2. The monoisotopic (exact) mass is 331 g/mol. The van der Waals surface area contributed by atoms with Gasteiger partial charge in [-0.05, 0) is 25.5 Å². The lowest BCUT2D eigenvalue weighted by Crippen LogP contribution is -2.21. The van der Waals surface area contributed by atoms with Gasteiger partial charge >= 0.3 is 0 Å². The summed E-state index contributed by atoms with van der Waals surface area (Å²) < 4.78 is 13.6. The first kappa shape index (κ1) is 15.9. The van der Waals surface area contributed by atoms with Gasteiger partial charge < -0.3 is 5.32 Å². The Balaban J connectivity index is 2.12. The molecule has 1 aromatic heterocycles. The fourth-order valence-electron chi connectivity index (χ4n) is 2.73. The third-order valence-electron chi connectivity index (χ3n) is 4.02. The van der Waals surface area contributed by atoms with Gasteiger partial charge in [0.2, 0.25) is 5.91 Å². The molecule has 0 spiro atoms. The summed E-state index contributed by atoms with van der Waals surface area (Å²) in [4.78, 5) is 12.2. The van der Waals surface area contributed by atoms with Gasteiger partial charge in [-0.3, -0.25) is 9.00 Å². The number of carbonyl (C=O) groups is 1. The Kier molecular flexibility index (Phi) is 4.10. The Labute approximate surface area is 138 Å². The number of nitrogens with one attached hydrogen (secondary N) is 1. The van der Waals surface area contributed by atoms with Crippen LogP contribution in [0.5, 0.6) is 0 Å². The second kappa shape index (κ2) is 5.92. The molecule has 0 saturated heterocycles. The summed E-state index contributed by atoms with van der Waals surface area (Å²) in [6, 6.07) is 6.13. The predicted molar refractivity (Wildman–Crippen MR) is 92.1 cm³/mol. The number of benzene rings is 1. The Bertz CT molecular complexity index is 808. The van der Waals surface area contributed by atoms with E-state index in [1.165, 1.54) is 5.56 Å². The van der Waals surface area contributed by atoms with Gasteiger partial charge in [0.15, 0.2) is 0 Å². The van der Waals surface area contributed by atoms with Gasteiger partial charge in [-0.25, -0.2) is 4.68 Å². The molecule has 1 unspecified atom stereocenters. The minimum absolute atomic E-state index is 0.0589. The highest BCUT2D eigenvalue weighted by molar-refractivity contribution is 7.83. The molecule has 1 atom stereocenters. The number of hydrogen-bond acceptors (Lipinski definition) is 3. The normalized spacial score (nSPS) is 16.7. The van der Waals surface area contributed by atoms with Crippen LogP contribution in [0.15, 0.2) is 18.2 Å². The van der Waals surface area contributed by atoms with E-state index in [1.54, 1.807) is 4.68 Å². The van der Waals surface area contributed by atoms with Gasteiger partial charge in [0.25, 0.3) is 0 Å². The first-order valence-corrected chi connectivity index (χ1v) is 9.20. The molecule has 2 heterocycles. The number of hydrogen-bond donors (Lipinski definition) is 1. The molecule has 0 radical (unpaired) electrons. The van der Waals surface area contributed by atoms with Crippen molar-refractivity contribution < 1.29 is 9.00 Å². The highest BCUT2D eigenvalue weighted by Gasteiger charge is 2.29. The van der Waals surface area contributed by atoms with Crippen molar-refractivity contribution in [3.8, 4) is 5.69 Å². The van der Waals surface area contributed by atoms with Crippen molar-refractivity contribution in [1.82, 2.24) is 9.78 Å². The average molecular weight is 331 g/mol. The topological polar surface area (TPSA) is 64.0 Å². The average Bonchev–Trinajstić information content (AvgIpc) is 2.96. The third kappa shape index (κ3) is 2.95. The van der Waals surface area contributed by atoms with E-state index >= 15 is 0 Å². The van der Waals surface area contributed by atoms with Crippen molar-refractivity contribution in [3.63, 3.8) is 0 Å². The largest absolute Gasteiger partial charge is 0.310 e. The number of aryl methyl sites for hydroxylation is 2. The fraction of sp³-hybridized carbons (Fsp3) is 0.412. The van der Waals surface area contributed by atoms with Crippen LogP contribution in [0.4, 0.5) is 5.82 Å². The van der Waals surface area contributed by atoms with E-state index in [0.29, 0.717) is 17.3 Å². The van der Waals surface area contributed by atoms with E-state index in [2.05, 4.69) is 16.5 Å². The molecule has 2 aromatic rings. The van der Waals surface area contributed by atoms with Crippen molar-refractivity contribution in [1.29, 1.82) is 0 Å². The van der Waals surface area contributed by atoms with E-state index < -0.39 is 10.8 Å². The Hall–Kier alpha value is -1.95. The lowest BCUT2D eigenvalue weighted by atomic mass is 10.1. The van der Waals surface area contributed by atoms with Crippen LogP contribution in [0.25, 0.3) is 5.69 Å². The van der Waals surface area contributed by atoms with Crippen LogP contribution < -0.4 is 5.32 Å². The van der Waals surface area contributed by atoms with E-state index in [-0.39, 0.29) is 11.8 Å². The van der Waals surface area contributed by atoms with Gasteiger partial charge in [0.1, 0.15) is 5.82 Å². The van der Waals surface area contributed by atoms with E-state index in [9.17, 15) is 9.00 Å². The number of aromatic nitrogens is 2. The highest BCUT2D eigenvalue weighted by Crippen LogP contribution is 2.32. The van der Waals surface area contributed by atoms with Crippen LogP contribution in [-0.4, -0.2) is 19.9 Å². The highest BCUT2D eigenvalue weighted by atomic mass is 32.2. The second-order valence-corrected chi connectivity index (χ2v) is 7.81. The van der Waals surface area contributed by atoms with E-state index in [4.69, 9.17) is 0 Å². The zero-order chi connectivity index (χ0) is 16.7. The van der Waals surface area contributed by atoms with E-state index in [1.807, 2.05) is 39.8 Å². The fourth-order valence-corrected chi connectivity index (χ4v) is 4.00. The minimum atomic E-state index is -0.925. The zero-order valence-corrected chi connectivity index (χ0v) is 14.7. The maximum Gasteiger partial charge on any atom is 0.228 e. The SMILES string of the molecule is Cc1ccc(-n2nc3c(c2NC(=O)C(C)C)CS(=O)C3)c(C)c1. The van der Waals surface area contributed by atoms with Crippen LogP contribution in [-0.2, 0) is 27.1 Å². The molecular formula is C17H21N3O2S. The Morgan fingerprint density at radius 2 is 2.04 bits per heavy atom. The molecule has 0 saturated carbocycles. The molecule has 1 aliphatic rings. The number of carbonyl (C=O) groups excluding carboxylic acids is 1. The summed E-state index contributed by atoms with van der Waals surface area (Å²) in [6.07, 6.45) is 0. The third-order valence-corrected chi connectivity index (χ3v) is 5.22. The number of anilines is 1. The number of rotatable bonds is 3. The Morgan fingerprint density at radius 1 is 1.30 bits per heavy atom. The Morgan fingerprint density at radius 3 is 2.70 bits per heavy atom. The first-order valence-electron chi connectivity index (χ1n) is 7.71. The molecule has 23 heavy (non-hydrogen) atoms. The molecule has 0 bridgehead atoms. The molecule has 1 aliphatic heterocycles. The molecule has 1 aromatic carbocycles. The molecule has 1 amide bonds. The number of amides is 1. The lowest BCUT2D eigenvalue weighted by Gasteiger charge is -2.14. The summed E-state index contributed by atoms with van der Waals surface area (Å²) >= 11 is 0. The molecule has 122 valence electrons. The molecule has 0 fully saturated rings. The zero-order valence-electron chi connectivity index (χ0n) is 13.8. The maximum atomic E-state index is 12.2. The summed E-state index contributed by atoms with van der Waals surface area (Å²) in [5.74, 6) is 1.39. The first-order chi connectivity index (χ1) is 10.9. The quantitative estimate of drug-likeness (QED) is 0.940. The molecule has 3 rings (SSSR count). The standard InChI is InChI=1S/C17H21N3O2S/c1-10(2)17(21)18-16-13-8-23(22)9-14(13)19-20(16)15-6-5-11(3)7-12(15)4/h5-7,10H,8-9H2,1-4H3,(H,18,21). The van der Waals surface area contributed by atoms with Crippen LogP contribution in [0.3, 0.4) is 0 Å². The molecular weight excluding hydrogens is 310 g/mol. The van der Waals surface area contributed by atoms with Crippen molar-refractivity contribution in [2.45, 2.75) is 39.2 Å². The molecule has 5 nitrogen and oxygen atoms in total. The summed E-state index contributed by atoms with van der Waals surface area (Å²) in [5, 5.41) is 7.60. The van der Waals surface area contributed by atoms with Crippen LogP contribution in [0.2, 0.25) is 0 Å². The van der Waals surface area contributed by atoms with Gasteiger partial charge in [0, 0.05) is 22.3 Å². The molecule has 0 aliphatic carbocycles. The van der Waals surface area contributed by atoms with Crippen LogP contribution >= 0.6 is 0 Å². The number of nitrogens with zero attached hydrogens (tertiary/aromatic N) is 2. The summed E-state index contributed by atoms with van der Waals surface area (Å²) in [6.45, 7) is 7.78. The molecule has 1 N–H and O–H groups in total. The molecule has 6 heteroatoms. The van der Waals surface area contributed by atoms with Gasteiger partial charge in [-0.1, -0.05) is 31.5 Å². The van der Waals surface area contributed by atoms with Crippen LogP contribution in [0, 0.1) is 19.8 Å². The van der Waals surface area contributed by atoms with Crippen molar-refractivity contribution in [2.24, 2.45) is 5.92 Å². The second-order valence-electron chi connectivity index (χ2n) is 6.35. The number of fused-ring (bicyclic) bond motifs is 1. The predicted octanol–water partition coefficient (Wildman–Crippen LogP) is 2.85. The van der Waals surface area contributed by atoms with Crippen molar-refractivity contribution >= 4 is 22.5 Å². The van der Waals surface area contributed by atoms with Gasteiger partial charge in [-0.2, -0.15) is 5.10 Å². The van der Waals surface area contributed by atoms with Crippen LogP contribution in [0.1, 0.15) is 36.2 Å². The van der Waals surface area contributed by atoms with Crippen molar-refractivity contribution in [3.05, 3.63) is 40.6 Å².